The van der Waals surface area contributed by atoms with Crippen molar-refractivity contribution in [2.45, 2.75) is 50.6 Å². The zero-order valence-corrected chi connectivity index (χ0v) is 13.9. The lowest BCUT2D eigenvalue weighted by atomic mass is 10.1. The molecule has 3 atom stereocenters. The Kier molecular flexibility index (Phi) is 4.96. The summed E-state index contributed by atoms with van der Waals surface area (Å²) in [6.07, 6.45) is 9.14. The molecule has 0 radical (unpaired) electrons. The Morgan fingerprint density at radius 3 is 3.12 bits per heavy atom. The third-order valence-electron chi connectivity index (χ3n) is 5.01. The number of rotatable bonds is 7. The Morgan fingerprint density at radius 2 is 2.29 bits per heavy atom. The van der Waals surface area contributed by atoms with E-state index in [0.717, 1.165) is 57.9 Å². The van der Waals surface area contributed by atoms with Crippen LogP contribution in [0.2, 0.25) is 0 Å². The topological polar surface area (TPSA) is 52.7 Å². The van der Waals surface area contributed by atoms with E-state index in [4.69, 9.17) is 13.9 Å². The maximum atomic E-state index is 6.14. The van der Waals surface area contributed by atoms with E-state index in [0.29, 0.717) is 6.04 Å². The van der Waals surface area contributed by atoms with Crippen molar-refractivity contribution in [3.63, 3.8) is 0 Å². The van der Waals surface area contributed by atoms with Gasteiger partial charge in [0.2, 0.25) is 0 Å². The van der Waals surface area contributed by atoms with Gasteiger partial charge in [-0.05, 0) is 37.5 Å². The summed E-state index contributed by atoms with van der Waals surface area (Å²) in [6.45, 7) is 4.26. The van der Waals surface area contributed by atoms with Gasteiger partial charge in [-0.2, -0.15) is 5.10 Å². The largest absolute Gasteiger partial charge is 0.468 e. The van der Waals surface area contributed by atoms with E-state index in [1.54, 1.807) is 6.26 Å². The summed E-state index contributed by atoms with van der Waals surface area (Å²) in [7, 11) is 0. The number of morpholine rings is 1. The van der Waals surface area contributed by atoms with Crippen molar-refractivity contribution in [1.29, 1.82) is 0 Å². The number of aryl methyl sites for hydroxylation is 1. The molecule has 0 amide bonds. The van der Waals surface area contributed by atoms with Gasteiger partial charge in [0.25, 0.3) is 0 Å². The molecular formula is C18H25N3O3. The zero-order valence-electron chi connectivity index (χ0n) is 13.9. The highest BCUT2D eigenvalue weighted by Gasteiger charge is 2.43. The first-order chi connectivity index (χ1) is 11.9. The predicted octanol–water partition coefficient (Wildman–Crippen LogP) is 2.31. The number of furan rings is 1. The van der Waals surface area contributed by atoms with Gasteiger partial charge < -0.3 is 13.9 Å². The standard InChI is InChI=1S/C18H25N3O3/c1-4-15(22-11-1)14-20-10-13-24-18-16(20)5-6-17(18)23-12-3-9-21-8-2-7-19-21/h1-2,4,7-8,11,16-18H,3,5-6,9-10,12-14H2/t16-,17+,18+/m0/s1. The molecule has 6 heteroatoms. The highest BCUT2D eigenvalue weighted by Crippen LogP contribution is 2.33. The summed E-state index contributed by atoms with van der Waals surface area (Å²) < 4.78 is 19.6. The first kappa shape index (κ1) is 15.9. The minimum atomic E-state index is 0.193. The van der Waals surface area contributed by atoms with Crippen LogP contribution in [0.4, 0.5) is 0 Å². The minimum absolute atomic E-state index is 0.193. The predicted molar refractivity (Wildman–Crippen MR) is 88.5 cm³/mol. The molecule has 0 spiro atoms. The molecule has 3 heterocycles. The first-order valence-corrected chi connectivity index (χ1v) is 8.87. The molecular weight excluding hydrogens is 306 g/mol. The second kappa shape index (κ2) is 7.51. The highest BCUT2D eigenvalue weighted by molar-refractivity contribution is 5.02. The molecule has 0 aromatic carbocycles. The maximum absolute atomic E-state index is 6.14. The third-order valence-corrected chi connectivity index (χ3v) is 5.01. The fourth-order valence-corrected chi connectivity index (χ4v) is 3.86. The lowest BCUT2D eigenvalue weighted by molar-refractivity contribution is -0.116. The summed E-state index contributed by atoms with van der Waals surface area (Å²) >= 11 is 0. The fourth-order valence-electron chi connectivity index (χ4n) is 3.86. The Balaban J connectivity index is 1.26. The van der Waals surface area contributed by atoms with Gasteiger partial charge in [-0.25, -0.2) is 0 Å². The van der Waals surface area contributed by atoms with E-state index in [1.807, 2.05) is 35.3 Å². The third kappa shape index (κ3) is 3.55. The van der Waals surface area contributed by atoms with Crippen LogP contribution >= 0.6 is 0 Å². The van der Waals surface area contributed by atoms with E-state index >= 15 is 0 Å². The molecule has 0 unspecified atom stereocenters. The molecule has 0 N–H and O–H groups in total. The number of nitrogens with zero attached hydrogens (tertiary/aromatic N) is 3. The summed E-state index contributed by atoms with van der Waals surface area (Å²) in [5.74, 6) is 1.03. The van der Waals surface area contributed by atoms with Gasteiger partial charge in [-0.1, -0.05) is 0 Å². The molecule has 2 aliphatic rings. The van der Waals surface area contributed by atoms with Crippen LogP contribution in [0.15, 0.2) is 41.3 Å². The second-order valence-corrected chi connectivity index (χ2v) is 6.56. The van der Waals surface area contributed by atoms with E-state index in [9.17, 15) is 0 Å². The number of ether oxygens (including phenoxy) is 2. The summed E-state index contributed by atoms with van der Waals surface area (Å²) in [5.41, 5.74) is 0. The molecule has 1 aliphatic carbocycles. The van der Waals surface area contributed by atoms with Crippen LogP contribution in [0.5, 0.6) is 0 Å². The lowest BCUT2D eigenvalue weighted by Gasteiger charge is -2.38. The smallest absolute Gasteiger partial charge is 0.117 e. The van der Waals surface area contributed by atoms with Crippen LogP contribution < -0.4 is 0 Å². The van der Waals surface area contributed by atoms with Crippen LogP contribution in [-0.2, 0) is 22.6 Å². The van der Waals surface area contributed by atoms with Crippen LogP contribution in [0.25, 0.3) is 0 Å². The first-order valence-electron chi connectivity index (χ1n) is 8.87. The monoisotopic (exact) mass is 331 g/mol. The molecule has 2 fully saturated rings. The van der Waals surface area contributed by atoms with Crippen LogP contribution in [0, 0.1) is 0 Å². The lowest BCUT2D eigenvalue weighted by Crippen LogP contribution is -2.51. The molecule has 6 nitrogen and oxygen atoms in total. The van der Waals surface area contributed by atoms with Gasteiger partial charge in [0.1, 0.15) is 5.76 Å². The van der Waals surface area contributed by atoms with Crippen molar-refractivity contribution in [2.75, 3.05) is 19.8 Å². The Labute approximate surface area is 142 Å². The van der Waals surface area contributed by atoms with Crippen LogP contribution in [0.1, 0.15) is 25.0 Å². The number of aromatic nitrogens is 2. The van der Waals surface area contributed by atoms with Crippen molar-refractivity contribution in [3.8, 4) is 0 Å². The molecule has 1 saturated carbocycles. The quantitative estimate of drug-likeness (QED) is 0.729. The van der Waals surface area contributed by atoms with Gasteiger partial charge in [-0.15, -0.1) is 0 Å². The average Bonchev–Trinajstić information content (AvgIpc) is 3.34. The Bertz CT molecular complexity index is 599. The van der Waals surface area contributed by atoms with Crippen LogP contribution in [-0.4, -0.2) is 52.7 Å². The molecule has 1 aliphatic heterocycles. The average molecular weight is 331 g/mol. The molecule has 2 aromatic rings. The SMILES string of the molecule is c1coc(CN2CCO[C@H]3[C@H](OCCCn4cccn4)CC[C@@H]32)c1. The van der Waals surface area contributed by atoms with Gasteiger partial charge >= 0.3 is 0 Å². The van der Waals surface area contributed by atoms with E-state index in [-0.39, 0.29) is 12.2 Å². The van der Waals surface area contributed by atoms with E-state index in [2.05, 4.69) is 10.00 Å². The highest BCUT2D eigenvalue weighted by atomic mass is 16.5. The van der Waals surface area contributed by atoms with Crippen molar-refractivity contribution < 1.29 is 13.9 Å². The number of hydrogen-bond donors (Lipinski definition) is 0. The molecule has 0 bridgehead atoms. The van der Waals surface area contributed by atoms with E-state index < -0.39 is 0 Å². The van der Waals surface area contributed by atoms with Gasteiger partial charge in [0, 0.05) is 38.1 Å². The van der Waals surface area contributed by atoms with Crippen molar-refractivity contribution in [1.82, 2.24) is 14.7 Å². The Morgan fingerprint density at radius 1 is 1.29 bits per heavy atom. The summed E-state index contributed by atoms with van der Waals surface area (Å²) in [5, 5.41) is 4.22. The summed E-state index contributed by atoms with van der Waals surface area (Å²) in [4.78, 5) is 2.49. The Hall–Kier alpha value is -1.63. The van der Waals surface area contributed by atoms with Crippen molar-refractivity contribution in [3.05, 3.63) is 42.6 Å². The van der Waals surface area contributed by atoms with Crippen molar-refractivity contribution >= 4 is 0 Å². The molecule has 4 rings (SSSR count). The number of fused-ring (bicyclic) bond motifs is 1. The fraction of sp³-hybridized carbons (Fsp3) is 0.611. The summed E-state index contributed by atoms with van der Waals surface area (Å²) in [6, 6.07) is 6.39. The van der Waals surface area contributed by atoms with Gasteiger partial charge in [0.05, 0.1) is 31.6 Å². The molecule has 1 saturated heterocycles. The molecule has 2 aromatic heterocycles. The van der Waals surface area contributed by atoms with Crippen LogP contribution in [0.3, 0.4) is 0 Å². The molecule has 130 valence electrons. The van der Waals surface area contributed by atoms with Gasteiger partial charge in [-0.3, -0.25) is 9.58 Å². The molecule has 24 heavy (non-hydrogen) atoms. The minimum Gasteiger partial charge on any atom is -0.468 e. The van der Waals surface area contributed by atoms with E-state index in [1.165, 1.54) is 0 Å². The maximum Gasteiger partial charge on any atom is 0.117 e. The van der Waals surface area contributed by atoms with Crippen molar-refractivity contribution in [2.24, 2.45) is 0 Å². The van der Waals surface area contributed by atoms with Gasteiger partial charge in [0.15, 0.2) is 0 Å². The zero-order chi connectivity index (χ0) is 16.2. The normalized spacial score (nSPS) is 27.4. The second-order valence-electron chi connectivity index (χ2n) is 6.56. The number of hydrogen-bond acceptors (Lipinski definition) is 5.